The lowest BCUT2D eigenvalue weighted by Gasteiger charge is -2.14. The zero-order valence-corrected chi connectivity index (χ0v) is 22.3. The van der Waals surface area contributed by atoms with Gasteiger partial charge in [-0.05, 0) is 103 Å². The van der Waals surface area contributed by atoms with Crippen LogP contribution in [-0.2, 0) is 25.7 Å². The van der Waals surface area contributed by atoms with Gasteiger partial charge in [0.05, 0.1) is 18.3 Å². The number of aryl methyl sites for hydroxylation is 4. The Kier molecular flexibility index (Phi) is 7.06. The second kappa shape index (κ2) is 11.1. The molecule has 2 aromatic heterocycles. The molecule has 6 nitrogen and oxygen atoms in total. The molecule has 0 aliphatic carbocycles. The Labute approximate surface area is 232 Å². The maximum Gasteiger partial charge on any atom is 0.256 e. The lowest BCUT2D eigenvalue weighted by molar-refractivity contribution is 0.102. The van der Waals surface area contributed by atoms with Gasteiger partial charge in [0.2, 0.25) is 0 Å². The number of carbonyl (C=O) groups excluding carboxylic acids is 1. The van der Waals surface area contributed by atoms with Crippen molar-refractivity contribution < 1.29 is 9.53 Å². The van der Waals surface area contributed by atoms with Crippen LogP contribution in [0.2, 0.25) is 0 Å². The van der Waals surface area contributed by atoms with Crippen molar-refractivity contribution in [2.24, 2.45) is 0 Å². The maximum absolute atomic E-state index is 13.4. The Morgan fingerprint density at radius 2 is 1.60 bits per heavy atom. The average Bonchev–Trinajstić information content (AvgIpc) is 3.17. The van der Waals surface area contributed by atoms with Crippen molar-refractivity contribution in [3.8, 4) is 17.0 Å². The first-order valence-electron chi connectivity index (χ1n) is 13.5. The van der Waals surface area contributed by atoms with Crippen LogP contribution in [0.5, 0.6) is 5.75 Å². The highest BCUT2D eigenvalue weighted by atomic mass is 16.5. The van der Waals surface area contributed by atoms with E-state index in [9.17, 15) is 9.59 Å². The number of ether oxygens (including phenoxy) is 1. The van der Waals surface area contributed by atoms with Crippen LogP contribution < -0.4 is 15.5 Å². The first-order chi connectivity index (χ1) is 19.6. The number of pyridine rings is 1. The molecule has 0 saturated heterocycles. The van der Waals surface area contributed by atoms with E-state index in [0.29, 0.717) is 29.9 Å². The number of carbonyl (C=O) groups is 1. The van der Waals surface area contributed by atoms with Gasteiger partial charge in [0, 0.05) is 28.3 Å². The minimum absolute atomic E-state index is 0.0841. The van der Waals surface area contributed by atoms with Gasteiger partial charge >= 0.3 is 0 Å². The van der Waals surface area contributed by atoms with E-state index in [-0.39, 0.29) is 11.3 Å². The Morgan fingerprint density at radius 3 is 2.50 bits per heavy atom. The number of para-hydroxylation sites is 1. The number of aromatic nitrogens is 2. The van der Waals surface area contributed by atoms with Crippen LogP contribution in [-0.4, -0.2) is 23.0 Å². The Hall–Kier alpha value is -4.84. The van der Waals surface area contributed by atoms with E-state index in [1.807, 2.05) is 60.7 Å². The third kappa shape index (κ3) is 5.47. The predicted octanol–water partition coefficient (Wildman–Crippen LogP) is 6.19. The molecule has 0 spiro atoms. The zero-order valence-electron chi connectivity index (χ0n) is 22.3. The first-order valence-corrected chi connectivity index (χ1v) is 13.5. The van der Waals surface area contributed by atoms with Gasteiger partial charge in [-0.25, -0.2) is 4.98 Å². The number of hydrogen-bond donors (Lipinski definition) is 1. The third-order valence-electron chi connectivity index (χ3n) is 7.34. The molecule has 1 amide bonds. The van der Waals surface area contributed by atoms with Crippen LogP contribution in [0.15, 0.2) is 95.8 Å². The highest BCUT2D eigenvalue weighted by Gasteiger charge is 2.15. The molecule has 3 aromatic carbocycles. The summed E-state index contributed by atoms with van der Waals surface area (Å²) >= 11 is 0. The van der Waals surface area contributed by atoms with Crippen molar-refractivity contribution in [3.05, 3.63) is 129 Å². The van der Waals surface area contributed by atoms with Crippen LogP contribution in [0.25, 0.3) is 22.2 Å². The number of anilines is 1. The molecule has 0 fully saturated rings. The summed E-state index contributed by atoms with van der Waals surface area (Å²) in [5.74, 6) is 1.20. The van der Waals surface area contributed by atoms with Gasteiger partial charge in [0.25, 0.3) is 5.91 Å². The number of rotatable bonds is 1. The molecule has 40 heavy (non-hydrogen) atoms. The van der Waals surface area contributed by atoms with E-state index in [0.717, 1.165) is 63.9 Å². The zero-order chi connectivity index (χ0) is 27.5. The van der Waals surface area contributed by atoms with Gasteiger partial charge in [-0.1, -0.05) is 30.3 Å². The monoisotopic (exact) mass is 527 g/mol. The minimum Gasteiger partial charge on any atom is -0.496 e. The van der Waals surface area contributed by atoms with E-state index in [1.54, 1.807) is 25.3 Å². The van der Waals surface area contributed by atoms with Crippen molar-refractivity contribution in [1.29, 1.82) is 0 Å². The molecule has 6 heteroatoms. The molecule has 198 valence electrons. The Balaban J connectivity index is 1.46. The number of methoxy groups -OCH3 is 1. The van der Waals surface area contributed by atoms with E-state index in [4.69, 9.17) is 14.7 Å². The van der Waals surface area contributed by atoms with Crippen LogP contribution in [0, 0.1) is 0 Å². The van der Waals surface area contributed by atoms with Crippen LogP contribution in [0.4, 0.5) is 5.82 Å². The fourth-order valence-corrected chi connectivity index (χ4v) is 5.27. The number of nitrogens with zero attached hydrogens (tertiary/aromatic N) is 2. The highest BCUT2D eigenvalue weighted by Crippen LogP contribution is 2.29. The largest absolute Gasteiger partial charge is 0.496 e. The number of nitrogens with one attached hydrogen (secondary N) is 1. The summed E-state index contributed by atoms with van der Waals surface area (Å²) in [7, 11) is 1.68. The Bertz CT molecular complexity index is 1800. The molecule has 6 bridgehead atoms. The summed E-state index contributed by atoms with van der Waals surface area (Å²) in [5.41, 5.74) is 6.77. The summed E-state index contributed by atoms with van der Waals surface area (Å²) in [4.78, 5) is 35.5. The van der Waals surface area contributed by atoms with Gasteiger partial charge in [-0.15, -0.1) is 0 Å². The summed E-state index contributed by atoms with van der Waals surface area (Å²) in [6.07, 6.45) is 3.52. The van der Waals surface area contributed by atoms with E-state index >= 15 is 0 Å². The van der Waals surface area contributed by atoms with Gasteiger partial charge in [-0.2, -0.15) is 0 Å². The minimum atomic E-state index is -0.199. The first kappa shape index (κ1) is 25.4. The molecule has 0 radical (unpaired) electrons. The average molecular weight is 528 g/mol. The molecule has 1 N–H and O–H groups in total. The summed E-state index contributed by atoms with van der Waals surface area (Å²) < 4.78 is 5.68. The molecule has 0 saturated carbocycles. The van der Waals surface area contributed by atoms with Crippen LogP contribution in [0.3, 0.4) is 0 Å². The Morgan fingerprint density at radius 1 is 0.725 bits per heavy atom. The number of hydrogen-bond acceptors (Lipinski definition) is 5. The van der Waals surface area contributed by atoms with Gasteiger partial charge in [0.1, 0.15) is 11.6 Å². The second-order valence-electron chi connectivity index (χ2n) is 10.1. The van der Waals surface area contributed by atoms with Crippen LogP contribution >= 0.6 is 0 Å². The lowest BCUT2D eigenvalue weighted by atomic mass is 9.99. The quantitative estimate of drug-likeness (QED) is 0.281. The SMILES string of the molecule is COc1ccc2cc1CCCc1cc3ccccc3nc1NC(=O)c1cccc(c1)CCc1cc(=O)ccc-2n1. The lowest BCUT2D eigenvalue weighted by Crippen LogP contribution is -2.15. The van der Waals surface area contributed by atoms with Gasteiger partial charge in [-0.3, -0.25) is 14.6 Å². The fourth-order valence-electron chi connectivity index (χ4n) is 5.27. The van der Waals surface area contributed by atoms with Gasteiger partial charge in [0.15, 0.2) is 5.43 Å². The summed E-state index contributed by atoms with van der Waals surface area (Å²) in [5, 5.41) is 4.12. The molecule has 0 atom stereocenters. The molecule has 1 aliphatic rings. The third-order valence-corrected chi connectivity index (χ3v) is 7.34. The maximum atomic E-state index is 13.4. The van der Waals surface area contributed by atoms with E-state index in [2.05, 4.69) is 17.4 Å². The second-order valence-corrected chi connectivity index (χ2v) is 10.1. The van der Waals surface area contributed by atoms with Crippen molar-refractivity contribution >= 4 is 22.6 Å². The number of fused-ring (bicyclic) bond motifs is 9. The van der Waals surface area contributed by atoms with Gasteiger partial charge < -0.3 is 10.1 Å². The number of amides is 1. The standard InChI is InChI=1S/C34H29N3O3/c1-40-32-17-13-24-19-25(32)8-5-9-26-20-23-7-2-3-11-30(23)36-33(26)37-34(39)27-10-4-6-22(18-27)12-14-28-21-29(38)15-16-31(24)35-28/h2-4,6-7,10-11,13,15-21H,5,8-9,12,14H2,1H3,(H,36,37,39). The molecule has 3 heterocycles. The topological polar surface area (TPSA) is 81.2 Å². The molecular weight excluding hydrogens is 498 g/mol. The predicted molar refractivity (Wildman–Crippen MR) is 158 cm³/mol. The smallest absolute Gasteiger partial charge is 0.256 e. The molecule has 5 aromatic rings. The molecule has 1 aliphatic heterocycles. The van der Waals surface area contributed by atoms with Crippen molar-refractivity contribution in [2.75, 3.05) is 12.4 Å². The summed E-state index contributed by atoms with van der Waals surface area (Å²) in [6, 6.07) is 28.7. The number of benzene rings is 3. The molecule has 0 unspecified atom stereocenters. The molecular formula is C34H29N3O3. The summed E-state index contributed by atoms with van der Waals surface area (Å²) in [6.45, 7) is 0. The molecule has 6 rings (SSSR count). The highest BCUT2D eigenvalue weighted by molar-refractivity contribution is 6.04. The van der Waals surface area contributed by atoms with Crippen molar-refractivity contribution in [2.45, 2.75) is 32.1 Å². The fraction of sp³-hybridized carbons (Fsp3) is 0.176. The van der Waals surface area contributed by atoms with E-state index in [1.165, 1.54) is 0 Å². The van der Waals surface area contributed by atoms with E-state index < -0.39 is 0 Å². The normalized spacial score (nSPS) is 13.5. The van der Waals surface area contributed by atoms with Crippen molar-refractivity contribution in [3.63, 3.8) is 0 Å². The van der Waals surface area contributed by atoms with Crippen molar-refractivity contribution in [1.82, 2.24) is 9.97 Å². The van der Waals surface area contributed by atoms with Crippen LogP contribution in [0.1, 0.15) is 39.2 Å².